The van der Waals surface area contributed by atoms with Crippen molar-refractivity contribution < 1.29 is 17.8 Å². The number of hydrogen-bond donors (Lipinski definition) is 0. The van der Waals surface area contributed by atoms with Crippen molar-refractivity contribution in [2.45, 2.75) is 18.2 Å². The summed E-state index contributed by atoms with van der Waals surface area (Å²) in [6.45, 7) is 1.70. The maximum Gasteiger partial charge on any atom is 0.253 e. The Labute approximate surface area is 98.3 Å². The predicted octanol–water partition coefficient (Wildman–Crippen LogP) is 0.703. The van der Waals surface area contributed by atoms with E-state index in [4.69, 9.17) is 0 Å². The van der Waals surface area contributed by atoms with Crippen molar-refractivity contribution in [1.82, 2.24) is 0 Å². The Balaban J connectivity index is 2.45. The van der Waals surface area contributed by atoms with Crippen LogP contribution in [0.15, 0.2) is 34.3 Å². The molecule has 0 atom stereocenters. The minimum absolute atomic E-state index is 0.203. The van der Waals surface area contributed by atoms with Crippen molar-refractivity contribution in [2.24, 2.45) is 5.10 Å². The van der Waals surface area contributed by atoms with Crippen molar-refractivity contribution in [1.29, 1.82) is 0 Å². The van der Waals surface area contributed by atoms with Gasteiger partial charge in [0.05, 0.1) is 17.0 Å². The fourth-order valence-electron chi connectivity index (χ4n) is 1.53. The Hall–Kier alpha value is -1.73. The second-order valence-corrected chi connectivity index (χ2v) is 5.05. The second kappa shape index (κ2) is 3.94. The molecule has 1 aromatic rings. The SMILES string of the molecule is CC1=NN(c2cccc(S(=O)(=O)[O-])c2)C(=O)C1. The van der Waals surface area contributed by atoms with Gasteiger partial charge in [-0.3, -0.25) is 4.79 Å². The highest BCUT2D eigenvalue weighted by molar-refractivity contribution is 7.85. The van der Waals surface area contributed by atoms with Crippen LogP contribution in [-0.4, -0.2) is 24.6 Å². The van der Waals surface area contributed by atoms with Gasteiger partial charge in [0.2, 0.25) is 0 Å². The van der Waals surface area contributed by atoms with E-state index >= 15 is 0 Å². The minimum atomic E-state index is -4.52. The lowest BCUT2D eigenvalue weighted by Gasteiger charge is -2.14. The highest BCUT2D eigenvalue weighted by Gasteiger charge is 2.23. The molecule has 0 aliphatic carbocycles. The van der Waals surface area contributed by atoms with Crippen LogP contribution in [0.2, 0.25) is 0 Å². The van der Waals surface area contributed by atoms with Crippen molar-refractivity contribution in [3.63, 3.8) is 0 Å². The number of anilines is 1. The van der Waals surface area contributed by atoms with Crippen LogP contribution in [0.4, 0.5) is 5.69 Å². The molecule has 0 N–H and O–H groups in total. The van der Waals surface area contributed by atoms with Crippen LogP contribution in [0.5, 0.6) is 0 Å². The van der Waals surface area contributed by atoms with Gasteiger partial charge in [-0.15, -0.1) is 0 Å². The zero-order valence-electron chi connectivity index (χ0n) is 8.95. The van der Waals surface area contributed by atoms with Gasteiger partial charge in [0.15, 0.2) is 0 Å². The zero-order valence-corrected chi connectivity index (χ0v) is 9.77. The molecular weight excluding hydrogens is 244 g/mol. The molecule has 0 unspecified atom stereocenters. The first-order chi connectivity index (χ1) is 7.88. The number of amides is 1. The normalized spacial score (nSPS) is 16.2. The highest BCUT2D eigenvalue weighted by atomic mass is 32.2. The lowest BCUT2D eigenvalue weighted by Crippen LogP contribution is -2.19. The second-order valence-electron chi connectivity index (χ2n) is 3.67. The smallest absolute Gasteiger partial charge is 0.253 e. The van der Waals surface area contributed by atoms with Gasteiger partial charge in [-0.2, -0.15) is 5.10 Å². The van der Waals surface area contributed by atoms with Gasteiger partial charge in [0.1, 0.15) is 10.1 Å². The number of hydrogen-bond acceptors (Lipinski definition) is 5. The maximum atomic E-state index is 11.5. The third kappa shape index (κ3) is 2.34. The van der Waals surface area contributed by atoms with Crippen molar-refractivity contribution in [2.75, 3.05) is 5.01 Å². The fourth-order valence-corrected chi connectivity index (χ4v) is 2.04. The Morgan fingerprint density at radius 2 is 2.12 bits per heavy atom. The molecule has 1 amide bonds. The average molecular weight is 253 g/mol. The number of hydrazone groups is 1. The van der Waals surface area contributed by atoms with E-state index in [2.05, 4.69) is 5.10 Å². The first-order valence-corrected chi connectivity index (χ1v) is 6.22. The first-order valence-electron chi connectivity index (χ1n) is 4.81. The quantitative estimate of drug-likeness (QED) is 0.725. The van der Waals surface area contributed by atoms with Gasteiger partial charge >= 0.3 is 0 Å². The molecule has 2 rings (SSSR count). The number of benzene rings is 1. The highest BCUT2D eigenvalue weighted by Crippen LogP contribution is 2.23. The van der Waals surface area contributed by atoms with Crippen molar-refractivity contribution in [3.8, 4) is 0 Å². The van der Waals surface area contributed by atoms with Crippen LogP contribution in [0.1, 0.15) is 13.3 Å². The van der Waals surface area contributed by atoms with E-state index in [0.29, 0.717) is 5.71 Å². The van der Waals surface area contributed by atoms with Gasteiger partial charge in [0.25, 0.3) is 5.91 Å². The molecule has 0 saturated heterocycles. The van der Waals surface area contributed by atoms with E-state index in [9.17, 15) is 17.8 Å². The molecule has 1 aliphatic heterocycles. The summed E-state index contributed by atoms with van der Waals surface area (Å²) in [5, 5.41) is 5.07. The van der Waals surface area contributed by atoms with Crippen LogP contribution in [0, 0.1) is 0 Å². The van der Waals surface area contributed by atoms with Crippen LogP contribution in [0.3, 0.4) is 0 Å². The average Bonchev–Trinajstić information content (AvgIpc) is 2.57. The summed E-state index contributed by atoms with van der Waals surface area (Å²) in [6, 6.07) is 5.25. The lowest BCUT2D eigenvalue weighted by molar-refractivity contribution is -0.116. The number of rotatable bonds is 2. The van der Waals surface area contributed by atoms with E-state index < -0.39 is 10.1 Å². The molecule has 0 fully saturated rings. The molecule has 0 bridgehead atoms. The summed E-state index contributed by atoms with van der Waals surface area (Å²) in [5.74, 6) is -0.247. The number of nitrogens with zero attached hydrogens (tertiary/aromatic N) is 2. The maximum absolute atomic E-state index is 11.5. The van der Waals surface area contributed by atoms with Crippen LogP contribution < -0.4 is 5.01 Å². The summed E-state index contributed by atoms with van der Waals surface area (Å²) in [5.41, 5.74) is 0.925. The molecule has 0 radical (unpaired) electrons. The molecule has 0 spiro atoms. The molecule has 0 saturated carbocycles. The van der Waals surface area contributed by atoms with Gasteiger partial charge in [-0.25, -0.2) is 13.4 Å². The van der Waals surface area contributed by atoms with Gasteiger partial charge in [0, 0.05) is 5.71 Å². The molecule has 0 aromatic heterocycles. The van der Waals surface area contributed by atoms with Gasteiger partial charge in [-0.1, -0.05) is 6.07 Å². The van der Waals surface area contributed by atoms with E-state index in [1.54, 1.807) is 6.92 Å². The Kier molecular flexibility index (Phi) is 2.72. The third-order valence-electron chi connectivity index (χ3n) is 2.26. The van der Waals surface area contributed by atoms with Crippen molar-refractivity contribution in [3.05, 3.63) is 24.3 Å². The summed E-state index contributed by atoms with van der Waals surface area (Å²) in [6.07, 6.45) is 0.203. The van der Waals surface area contributed by atoms with E-state index in [1.807, 2.05) is 0 Å². The molecule has 6 nitrogen and oxygen atoms in total. The van der Waals surface area contributed by atoms with Crippen LogP contribution >= 0.6 is 0 Å². The Bertz CT molecular complexity index is 606. The molecule has 17 heavy (non-hydrogen) atoms. The molecule has 1 aromatic carbocycles. The number of carbonyl (C=O) groups excluding carboxylic acids is 1. The predicted molar refractivity (Wildman–Crippen MR) is 59.6 cm³/mol. The molecule has 7 heteroatoms. The third-order valence-corrected chi connectivity index (χ3v) is 3.10. The topological polar surface area (TPSA) is 89.9 Å². The van der Waals surface area contributed by atoms with Crippen LogP contribution in [-0.2, 0) is 14.9 Å². The molecule has 1 aliphatic rings. The Morgan fingerprint density at radius 1 is 1.41 bits per heavy atom. The summed E-state index contributed by atoms with van der Waals surface area (Å²) in [7, 11) is -4.52. The van der Waals surface area contributed by atoms with Gasteiger partial charge < -0.3 is 4.55 Å². The monoisotopic (exact) mass is 253 g/mol. The summed E-state index contributed by atoms with van der Waals surface area (Å²) in [4.78, 5) is 11.2. The van der Waals surface area contributed by atoms with Gasteiger partial charge in [-0.05, 0) is 25.1 Å². The van der Waals surface area contributed by atoms with Crippen LogP contribution in [0.25, 0.3) is 0 Å². The molecular formula is C10H9N2O4S-. The molecule has 90 valence electrons. The van der Waals surface area contributed by atoms with E-state index in [0.717, 1.165) is 11.1 Å². The van der Waals surface area contributed by atoms with E-state index in [1.165, 1.54) is 18.2 Å². The largest absolute Gasteiger partial charge is 0.744 e. The molecule has 1 heterocycles. The lowest BCUT2D eigenvalue weighted by atomic mass is 10.3. The number of carbonyl (C=O) groups is 1. The summed E-state index contributed by atoms with van der Waals surface area (Å²) >= 11 is 0. The summed E-state index contributed by atoms with van der Waals surface area (Å²) < 4.78 is 32.6. The fraction of sp³-hybridized carbons (Fsp3) is 0.200. The minimum Gasteiger partial charge on any atom is -0.744 e. The van der Waals surface area contributed by atoms with Crippen molar-refractivity contribution >= 4 is 27.4 Å². The zero-order chi connectivity index (χ0) is 12.6. The van der Waals surface area contributed by atoms with E-state index in [-0.39, 0.29) is 22.9 Å². The first kappa shape index (κ1) is 11.7. The Morgan fingerprint density at radius 3 is 2.65 bits per heavy atom. The standard InChI is InChI=1S/C10H10N2O4S/c1-7-5-10(13)12(11-7)8-3-2-4-9(6-8)17(14,15)16/h2-4,6H,5H2,1H3,(H,14,15,16)/p-1.